The first-order chi connectivity index (χ1) is 12.6. The van der Waals surface area contributed by atoms with Crippen molar-refractivity contribution in [3.8, 4) is 0 Å². The van der Waals surface area contributed by atoms with Gasteiger partial charge in [0, 0.05) is 19.6 Å². The van der Waals surface area contributed by atoms with Crippen molar-refractivity contribution in [1.82, 2.24) is 10.6 Å². The van der Waals surface area contributed by atoms with E-state index in [-0.39, 0.29) is 18.4 Å². The third kappa shape index (κ3) is 8.65. The molecule has 2 atom stereocenters. The van der Waals surface area contributed by atoms with Crippen LogP contribution in [0.2, 0.25) is 0 Å². The molecule has 0 fully saturated rings. The summed E-state index contributed by atoms with van der Waals surface area (Å²) in [5.74, 6) is -3.04. The van der Waals surface area contributed by atoms with Crippen LogP contribution in [0.15, 0.2) is 30.3 Å². The maximum atomic E-state index is 12.5. The predicted molar refractivity (Wildman–Crippen MR) is 99.2 cm³/mol. The molecule has 150 valence electrons. The van der Waals surface area contributed by atoms with Gasteiger partial charge in [-0.2, -0.15) is 0 Å². The van der Waals surface area contributed by atoms with Crippen molar-refractivity contribution >= 4 is 17.8 Å². The molecule has 0 radical (unpaired) electrons. The molecular formula is C19H28N2O6. The fourth-order valence-corrected chi connectivity index (χ4v) is 2.54. The molecule has 1 aromatic carbocycles. The van der Waals surface area contributed by atoms with E-state index in [1.807, 2.05) is 13.8 Å². The Balaban J connectivity index is 2.79. The van der Waals surface area contributed by atoms with Crippen LogP contribution >= 0.6 is 0 Å². The van der Waals surface area contributed by atoms with Gasteiger partial charge < -0.3 is 26.0 Å². The van der Waals surface area contributed by atoms with Crippen LogP contribution in [-0.4, -0.2) is 58.4 Å². The Labute approximate surface area is 158 Å². The summed E-state index contributed by atoms with van der Waals surface area (Å²) in [5, 5.41) is 32.9. The van der Waals surface area contributed by atoms with Crippen molar-refractivity contribution < 1.29 is 29.7 Å². The SMILES string of the molecule is CC(C)(CCO)CN[C@@H](CC(=O)O)C(=O)N[C@@H](Cc1ccccc1)C(=O)O. The Morgan fingerprint density at radius 1 is 1.07 bits per heavy atom. The van der Waals surface area contributed by atoms with Crippen LogP contribution in [0.1, 0.15) is 32.3 Å². The first-order valence-corrected chi connectivity index (χ1v) is 8.78. The number of carbonyl (C=O) groups excluding carboxylic acids is 1. The average Bonchev–Trinajstić information content (AvgIpc) is 2.58. The number of aliphatic hydroxyl groups is 1. The van der Waals surface area contributed by atoms with Crippen molar-refractivity contribution in [2.45, 2.75) is 45.2 Å². The van der Waals surface area contributed by atoms with Gasteiger partial charge in [0.1, 0.15) is 6.04 Å². The van der Waals surface area contributed by atoms with Crippen LogP contribution in [0.5, 0.6) is 0 Å². The summed E-state index contributed by atoms with van der Waals surface area (Å²) in [4.78, 5) is 35.1. The largest absolute Gasteiger partial charge is 0.481 e. The van der Waals surface area contributed by atoms with Crippen LogP contribution in [-0.2, 0) is 20.8 Å². The van der Waals surface area contributed by atoms with Gasteiger partial charge >= 0.3 is 11.9 Å². The Kier molecular flexibility index (Phi) is 8.90. The topological polar surface area (TPSA) is 136 Å². The molecule has 0 aromatic heterocycles. The van der Waals surface area contributed by atoms with Crippen LogP contribution < -0.4 is 10.6 Å². The first kappa shape index (κ1) is 22.6. The molecule has 0 saturated carbocycles. The second kappa shape index (κ2) is 10.6. The summed E-state index contributed by atoms with van der Waals surface area (Å²) in [6.45, 7) is 4.03. The van der Waals surface area contributed by atoms with Gasteiger partial charge in [-0.05, 0) is 17.4 Å². The molecule has 0 aliphatic heterocycles. The first-order valence-electron chi connectivity index (χ1n) is 8.78. The third-order valence-corrected chi connectivity index (χ3v) is 4.21. The van der Waals surface area contributed by atoms with E-state index in [4.69, 9.17) is 10.2 Å². The molecule has 0 unspecified atom stereocenters. The van der Waals surface area contributed by atoms with Gasteiger partial charge in [0.2, 0.25) is 5.91 Å². The standard InChI is InChI=1S/C19H28N2O6/c1-19(2,8-9-22)12-20-14(11-16(23)24)17(25)21-15(18(26)27)10-13-6-4-3-5-7-13/h3-7,14-15,20,22H,8-12H2,1-2H3,(H,21,25)(H,23,24)(H,26,27)/t14-,15-/m0/s1. The predicted octanol–water partition coefficient (Wildman–Crippen LogP) is 0.640. The van der Waals surface area contributed by atoms with Gasteiger partial charge in [-0.25, -0.2) is 4.79 Å². The van der Waals surface area contributed by atoms with Gasteiger partial charge in [0.25, 0.3) is 0 Å². The number of nitrogens with one attached hydrogen (secondary N) is 2. The third-order valence-electron chi connectivity index (χ3n) is 4.21. The fraction of sp³-hybridized carbons (Fsp3) is 0.526. The second-order valence-electron chi connectivity index (χ2n) is 7.26. The van der Waals surface area contributed by atoms with Crippen molar-refractivity contribution in [3.63, 3.8) is 0 Å². The summed E-state index contributed by atoms with van der Waals surface area (Å²) >= 11 is 0. The molecule has 1 amide bonds. The number of hydrogen-bond donors (Lipinski definition) is 5. The summed E-state index contributed by atoms with van der Waals surface area (Å²) in [6.07, 6.45) is 0.101. The molecule has 8 heteroatoms. The Morgan fingerprint density at radius 2 is 1.70 bits per heavy atom. The molecular weight excluding hydrogens is 352 g/mol. The molecule has 0 aliphatic rings. The van der Waals surface area contributed by atoms with Gasteiger partial charge in [0.15, 0.2) is 0 Å². The lowest BCUT2D eigenvalue weighted by molar-refractivity contribution is -0.143. The van der Waals surface area contributed by atoms with E-state index in [2.05, 4.69) is 10.6 Å². The highest BCUT2D eigenvalue weighted by molar-refractivity contribution is 5.89. The number of carbonyl (C=O) groups is 3. The number of rotatable bonds is 12. The zero-order chi connectivity index (χ0) is 20.4. The van der Waals surface area contributed by atoms with Crippen LogP contribution in [0.4, 0.5) is 0 Å². The normalized spacial score (nSPS) is 13.6. The molecule has 1 rings (SSSR count). The molecule has 0 heterocycles. The smallest absolute Gasteiger partial charge is 0.326 e. The highest BCUT2D eigenvalue weighted by Gasteiger charge is 2.28. The number of aliphatic hydroxyl groups excluding tert-OH is 1. The molecule has 1 aromatic rings. The van der Waals surface area contributed by atoms with Gasteiger partial charge in [-0.3, -0.25) is 9.59 Å². The zero-order valence-electron chi connectivity index (χ0n) is 15.6. The monoisotopic (exact) mass is 380 g/mol. The minimum absolute atomic E-state index is 0.0252. The number of hydrogen-bond acceptors (Lipinski definition) is 5. The lowest BCUT2D eigenvalue weighted by Gasteiger charge is -2.27. The van der Waals surface area contributed by atoms with Gasteiger partial charge in [0.05, 0.1) is 12.5 Å². The van der Waals surface area contributed by atoms with E-state index in [1.165, 1.54) is 0 Å². The Hall–Kier alpha value is -2.45. The average molecular weight is 380 g/mol. The summed E-state index contributed by atoms with van der Waals surface area (Å²) in [6, 6.07) is 6.63. The molecule has 8 nitrogen and oxygen atoms in total. The number of carboxylic acids is 2. The van der Waals surface area contributed by atoms with Crippen molar-refractivity contribution in [2.24, 2.45) is 5.41 Å². The molecule has 0 spiro atoms. The summed E-state index contributed by atoms with van der Waals surface area (Å²) in [7, 11) is 0. The Bertz CT molecular complexity index is 632. The van der Waals surface area contributed by atoms with Gasteiger partial charge in [-0.15, -0.1) is 0 Å². The van der Waals surface area contributed by atoms with E-state index < -0.39 is 36.4 Å². The quantitative estimate of drug-likeness (QED) is 0.359. The molecule has 0 bridgehead atoms. The zero-order valence-corrected chi connectivity index (χ0v) is 15.6. The van der Waals surface area contributed by atoms with E-state index in [9.17, 15) is 19.5 Å². The van der Waals surface area contributed by atoms with E-state index >= 15 is 0 Å². The molecule has 0 saturated heterocycles. The van der Waals surface area contributed by atoms with Gasteiger partial charge in [-0.1, -0.05) is 44.2 Å². The highest BCUT2D eigenvalue weighted by Crippen LogP contribution is 2.18. The maximum Gasteiger partial charge on any atom is 0.326 e. The van der Waals surface area contributed by atoms with E-state index in [1.54, 1.807) is 30.3 Å². The summed E-state index contributed by atoms with van der Waals surface area (Å²) in [5.41, 5.74) is 0.402. The molecule has 5 N–H and O–H groups in total. The number of benzene rings is 1. The van der Waals surface area contributed by atoms with Crippen LogP contribution in [0, 0.1) is 5.41 Å². The minimum atomic E-state index is -1.19. The van der Waals surface area contributed by atoms with Crippen molar-refractivity contribution in [3.05, 3.63) is 35.9 Å². The van der Waals surface area contributed by atoms with Crippen molar-refractivity contribution in [2.75, 3.05) is 13.2 Å². The Morgan fingerprint density at radius 3 is 2.22 bits per heavy atom. The van der Waals surface area contributed by atoms with Crippen LogP contribution in [0.3, 0.4) is 0 Å². The number of carboxylic acid groups (broad SMARTS) is 2. The second-order valence-corrected chi connectivity index (χ2v) is 7.26. The number of aliphatic carboxylic acids is 2. The summed E-state index contributed by atoms with van der Waals surface area (Å²) < 4.78 is 0. The maximum absolute atomic E-state index is 12.5. The van der Waals surface area contributed by atoms with Crippen LogP contribution in [0.25, 0.3) is 0 Å². The lowest BCUT2D eigenvalue weighted by Crippen LogP contribution is -2.53. The highest BCUT2D eigenvalue weighted by atomic mass is 16.4. The van der Waals surface area contributed by atoms with E-state index in [0.717, 1.165) is 5.56 Å². The fourth-order valence-electron chi connectivity index (χ4n) is 2.54. The molecule has 0 aliphatic carbocycles. The molecule has 27 heavy (non-hydrogen) atoms. The minimum Gasteiger partial charge on any atom is -0.481 e. The van der Waals surface area contributed by atoms with E-state index in [0.29, 0.717) is 13.0 Å². The lowest BCUT2D eigenvalue weighted by atomic mass is 9.89. The number of amides is 1. The van der Waals surface area contributed by atoms with Crippen molar-refractivity contribution in [1.29, 1.82) is 0 Å².